The van der Waals surface area contributed by atoms with E-state index in [1.165, 1.54) is 6.07 Å². The normalized spacial score (nSPS) is 15.5. The lowest BCUT2D eigenvalue weighted by atomic mass is 10.1. The Morgan fingerprint density at radius 3 is 1.95 bits per heavy atom. The van der Waals surface area contributed by atoms with Crippen LogP contribution in [-0.2, 0) is 6.42 Å². The summed E-state index contributed by atoms with van der Waals surface area (Å²) in [6, 6.07) is 6.51. The highest BCUT2D eigenvalue weighted by molar-refractivity contribution is 6.15. The van der Waals surface area contributed by atoms with Gasteiger partial charge in [-0.1, -0.05) is 24.3 Å². The van der Waals surface area contributed by atoms with Gasteiger partial charge >= 0.3 is 0 Å². The summed E-state index contributed by atoms with van der Waals surface area (Å²) < 4.78 is 66.6. The lowest BCUT2D eigenvalue weighted by Gasteiger charge is -2.05. The van der Waals surface area contributed by atoms with Crippen LogP contribution in [0.3, 0.4) is 0 Å². The SMILES string of the molecule is O=C1C(=Cc2c(F)c(F)c(F)c(F)c2F)Cc2ccccc21. The number of Topliss-reactive ketones (excluding diaryl/α,β-unsaturated/α-hetero) is 1. The molecule has 0 saturated heterocycles. The Balaban J connectivity index is 2.14. The van der Waals surface area contributed by atoms with Gasteiger partial charge in [-0.05, 0) is 11.6 Å². The molecule has 1 aliphatic rings. The number of benzene rings is 2. The van der Waals surface area contributed by atoms with E-state index >= 15 is 0 Å². The summed E-state index contributed by atoms with van der Waals surface area (Å²) >= 11 is 0. The van der Waals surface area contributed by atoms with Crippen LogP contribution in [0.5, 0.6) is 0 Å². The minimum Gasteiger partial charge on any atom is -0.289 e. The van der Waals surface area contributed by atoms with Gasteiger partial charge in [0, 0.05) is 17.6 Å². The third kappa shape index (κ3) is 2.03. The summed E-state index contributed by atoms with van der Waals surface area (Å²) in [5, 5.41) is 0. The Hall–Kier alpha value is -2.50. The topological polar surface area (TPSA) is 17.1 Å². The van der Waals surface area contributed by atoms with Gasteiger partial charge < -0.3 is 0 Å². The molecule has 0 N–H and O–H groups in total. The summed E-state index contributed by atoms with van der Waals surface area (Å²) in [6.07, 6.45) is 0.799. The van der Waals surface area contributed by atoms with Gasteiger partial charge in [0.1, 0.15) is 0 Å². The van der Waals surface area contributed by atoms with Crippen LogP contribution >= 0.6 is 0 Å². The zero-order chi connectivity index (χ0) is 16.0. The molecule has 2 aromatic carbocycles. The van der Waals surface area contributed by atoms with Crippen LogP contribution in [0.1, 0.15) is 21.5 Å². The molecule has 22 heavy (non-hydrogen) atoms. The lowest BCUT2D eigenvalue weighted by Crippen LogP contribution is -2.05. The van der Waals surface area contributed by atoms with E-state index in [1.807, 2.05) is 0 Å². The molecule has 1 nitrogen and oxygen atoms in total. The molecule has 6 heteroatoms. The van der Waals surface area contributed by atoms with Crippen LogP contribution in [0.4, 0.5) is 22.0 Å². The Morgan fingerprint density at radius 1 is 0.818 bits per heavy atom. The average Bonchev–Trinajstić information content (AvgIpc) is 2.84. The van der Waals surface area contributed by atoms with Crippen LogP contribution in [-0.4, -0.2) is 5.78 Å². The third-order valence-electron chi connectivity index (χ3n) is 3.50. The molecule has 1 aliphatic carbocycles. The molecule has 0 atom stereocenters. The Morgan fingerprint density at radius 2 is 1.36 bits per heavy atom. The lowest BCUT2D eigenvalue weighted by molar-refractivity contribution is 0.104. The standard InChI is InChI=1S/C16H7F5O/c17-11-10(12(18)14(20)15(21)13(11)19)6-8-5-7-3-1-2-4-9(7)16(8)22/h1-4,6H,5H2. The van der Waals surface area contributed by atoms with Gasteiger partial charge in [-0.15, -0.1) is 0 Å². The van der Waals surface area contributed by atoms with Crippen molar-refractivity contribution in [2.75, 3.05) is 0 Å². The van der Waals surface area contributed by atoms with Gasteiger partial charge in [0.15, 0.2) is 29.1 Å². The minimum atomic E-state index is -2.22. The van der Waals surface area contributed by atoms with Gasteiger partial charge in [-0.2, -0.15) is 0 Å². The van der Waals surface area contributed by atoms with E-state index in [2.05, 4.69) is 0 Å². The number of ketones is 1. The number of allylic oxidation sites excluding steroid dienone is 1. The Labute approximate surface area is 121 Å². The van der Waals surface area contributed by atoms with Crippen molar-refractivity contribution < 1.29 is 26.7 Å². The number of carbonyl (C=O) groups is 1. The highest BCUT2D eigenvalue weighted by atomic mass is 19.2. The van der Waals surface area contributed by atoms with Crippen molar-refractivity contribution in [3.63, 3.8) is 0 Å². The molecule has 0 spiro atoms. The Bertz CT molecular complexity index is 810. The van der Waals surface area contributed by atoms with E-state index in [0.29, 0.717) is 11.1 Å². The van der Waals surface area contributed by atoms with Gasteiger partial charge in [-0.3, -0.25) is 4.79 Å². The van der Waals surface area contributed by atoms with Gasteiger partial charge in [0.05, 0.1) is 5.56 Å². The summed E-state index contributed by atoms with van der Waals surface area (Å²) in [5.74, 6) is -10.7. The van der Waals surface area contributed by atoms with Crippen LogP contribution in [0.2, 0.25) is 0 Å². The van der Waals surface area contributed by atoms with E-state index in [0.717, 1.165) is 6.08 Å². The van der Waals surface area contributed by atoms with E-state index in [-0.39, 0.29) is 12.0 Å². The minimum absolute atomic E-state index is 0.0237. The monoisotopic (exact) mass is 310 g/mol. The first kappa shape index (κ1) is 14.4. The average molecular weight is 310 g/mol. The maximum atomic E-state index is 13.6. The number of fused-ring (bicyclic) bond motifs is 1. The molecule has 0 fully saturated rings. The van der Waals surface area contributed by atoms with Crippen molar-refractivity contribution in [1.82, 2.24) is 0 Å². The first-order valence-corrected chi connectivity index (χ1v) is 6.26. The molecule has 3 rings (SSSR count). The number of halogens is 5. The van der Waals surface area contributed by atoms with Crippen molar-refractivity contribution in [1.29, 1.82) is 0 Å². The number of rotatable bonds is 1. The number of hydrogen-bond donors (Lipinski definition) is 0. The van der Waals surface area contributed by atoms with Crippen LogP contribution < -0.4 is 0 Å². The molecule has 0 bridgehead atoms. The van der Waals surface area contributed by atoms with E-state index in [4.69, 9.17) is 0 Å². The van der Waals surface area contributed by atoms with Gasteiger partial charge in [0.2, 0.25) is 5.82 Å². The molecule has 0 heterocycles. The Kier molecular flexibility index (Phi) is 3.31. The maximum absolute atomic E-state index is 13.6. The molecule has 2 aromatic rings. The van der Waals surface area contributed by atoms with Crippen molar-refractivity contribution in [2.45, 2.75) is 6.42 Å². The van der Waals surface area contributed by atoms with Crippen LogP contribution in [0.25, 0.3) is 6.08 Å². The van der Waals surface area contributed by atoms with E-state index in [9.17, 15) is 26.7 Å². The summed E-state index contributed by atoms with van der Waals surface area (Å²) in [6.45, 7) is 0. The third-order valence-corrected chi connectivity index (χ3v) is 3.50. The van der Waals surface area contributed by atoms with Crippen molar-refractivity contribution in [3.05, 3.63) is 75.6 Å². The number of carbonyl (C=O) groups excluding carboxylic acids is 1. The predicted octanol–water partition coefficient (Wildman–Crippen LogP) is 4.20. The second-order valence-electron chi connectivity index (χ2n) is 4.82. The van der Waals surface area contributed by atoms with Crippen molar-refractivity contribution >= 4 is 11.9 Å². The fourth-order valence-corrected chi connectivity index (χ4v) is 2.39. The molecule has 0 aliphatic heterocycles. The predicted molar refractivity (Wildman–Crippen MR) is 68.7 cm³/mol. The molecular weight excluding hydrogens is 303 g/mol. The first-order valence-electron chi connectivity index (χ1n) is 6.26. The second-order valence-corrected chi connectivity index (χ2v) is 4.82. The van der Waals surface area contributed by atoms with Crippen molar-refractivity contribution in [3.8, 4) is 0 Å². The molecular formula is C16H7F5O. The van der Waals surface area contributed by atoms with Crippen LogP contribution in [0, 0.1) is 29.1 Å². The molecule has 0 radical (unpaired) electrons. The highest BCUT2D eigenvalue weighted by Gasteiger charge is 2.28. The number of hydrogen-bond acceptors (Lipinski definition) is 1. The van der Waals surface area contributed by atoms with Gasteiger partial charge in [-0.25, -0.2) is 22.0 Å². The summed E-state index contributed by atoms with van der Waals surface area (Å²) in [5.41, 5.74) is -0.128. The van der Waals surface area contributed by atoms with Gasteiger partial charge in [0.25, 0.3) is 0 Å². The zero-order valence-corrected chi connectivity index (χ0v) is 10.9. The fraction of sp³-hybridized carbons (Fsp3) is 0.0625. The highest BCUT2D eigenvalue weighted by Crippen LogP contribution is 2.30. The quantitative estimate of drug-likeness (QED) is 0.334. The largest absolute Gasteiger partial charge is 0.289 e. The zero-order valence-electron chi connectivity index (χ0n) is 10.9. The molecule has 0 amide bonds. The van der Waals surface area contributed by atoms with Crippen molar-refractivity contribution in [2.24, 2.45) is 0 Å². The molecule has 112 valence electrons. The molecule has 0 saturated carbocycles. The maximum Gasteiger partial charge on any atom is 0.200 e. The summed E-state index contributed by atoms with van der Waals surface area (Å²) in [4.78, 5) is 12.1. The summed E-state index contributed by atoms with van der Waals surface area (Å²) in [7, 11) is 0. The molecule has 0 unspecified atom stereocenters. The second kappa shape index (κ2) is 5.05. The fourth-order valence-electron chi connectivity index (χ4n) is 2.39. The van der Waals surface area contributed by atoms with Crippen LogP contribution in [0.15, 0.2) is 29.8 Å². The molecule has 0 aromatic heterocycles. The van der Waals surface area contributed by atoms with E-state index < -0.39 is 40.4 Å². The first-order chi connectivity index (χ1) is 10.4. The smallest absolute Gasteiger partial charge is 0.200 e. The van der Waals surface area contributed by atoms with E-state index in [1.54, 1.807) is 18.2 Å².